The van der Waals surface area contributed by atoms with Gasteiger partial charge in [-0.1, -0.05) is 23.7 Å². The number of rotatable bonds is 14. The van der Waals surface area contributed by atoms with Gasteiger partial charge in [-0.2, -0.15) is 13.2 Å². The Morgan fingerprint density at radius 2 is 1.80 bits per heavy atom. The summed E-state index contributed by atoms with van der Waals surface area (Å²) in [6.45, 7) is -0.548. The van der Waals surface area contributed by atoms with Crippen molar-refractivity contribution in [3.05, 3.63) is 83.4 Å². The van der Waals surface area contributed by atoms with Crippen molar-refractivity contribution in [1.82, 2.24) is 14.9 Å². The highest BCUT2D eigenvalue weighted by molar-refractivity contribution is 7.90. The summed E-state index contributed by atoms with van der Waals surface area (Å²) >= 11 is 6.42. The molecule has 9 nitrogen and oxygen atoms in total. The van der Waals surface area contributed by atoms with Gasteiger partial charge in [0.25, 0.3) is 0 Å². The van der Waals surface area contributed by atoms with Crippen LogP contribution >= 0.6 is 11.6 Å². The van der Waals surface area contributed by atoms with Gasteiger partial charge in [-0.3, -0.25) is 4.79 Å². The van der Waals surface area contributed by atoms with Crippen molar-refractivity contribution in [2.45, 2.75) is 25.6 Å². The Morgan fingerprint density at radius 1 is 1.00 bits per heavy atom. The van der Waals surface area contributed by atoms with Gasteiger partial charge >= 0.3 is 12.1 Å². The standard InChI is InChI=1S/C30H29ClF4N4O5S/c1-45(41,42)14-12-39(29(40)30(33,34)35)11-2-3-13-43-23-8-9-26-24(17-23)28(37-19-36-26)38-22-7-10-27(25(31)16-22)44-18-20-5-4-6-21(32)15-20/h4-10,15-17,19H,2-3,11-14,18H2,1H3,(H,36,37,38). The molecule has 0 aliphatic rings. The summed E-state index contributed by atoms with van der Waals surface area (Å²) in [6.07, 6.45) is -2.34. The Kier molecular flexibility index (Phi) is 11.0. The number of aromatic nitrogens is 2. The molecule has 0 spiro atoms. The molecule has 1 aromatic heterocycles. The number of amides is 1. The number of sulfone groups is 1. The maximum absolute atomic E-state index is 13.4. The lowest BCUT2D eigenvalue weighted by Crippen LogP contribution is -2.43. The molecule has 3 aromatic carbocycles. The van der Waals surface area contributed by atoms with E-state index in [1.165, 1.54) is 18.5 Å². The third-order valence-corrected chi connectivity index (χ3v) is 7.66. The van der Waals surface area contributed by atoms with Crippen molar-refractivity contribution in [3.8, 4) is 11.5 Å². The van der Waals surface area contributed by atoms with Gasteiger partial charge in [0, 0.05) is 30.4 Å². The summed E-state index contributed by atoms with van der Waals surface area (Å²) in [5.74, 6) is -1.67. The molecule has 0 fully saturated rings. The monoisotopic (exact) mass is 668 g/mol. The van der Waals surface area contributed by atoms with Crippen molar-refractivity contribution >= 4 is 49.8 Å². The van der Waals surface area contributed by atoms with Crippen LogP contribution in [0.1, 0.15) is 18.4 Å². The van der Waals surface area contributed by atoms with Crippen molar-refractivity contribution in [2.75, 3.05) is 37.0 Å². The van der Waals surface area contributed by atoms with Crippen molar-refractivity contribution < 1.29 is 40.2 Å². The number of hydrogen-bond donors (Lipinski definition) is 1. The average Bonchev–Trinajstić information content (AvgIpc) is 2.97. The largest absolute Gasteiger partial charge is 0.494 e. The van der Waals surface area contributed by atoms with Gasteiger partial charge in [-0.25, -0.2) is 22.8 Å². The third-order valence-electron chi connectivity index (χ3n) is 6.44. The summed E-state index contributed by atoms with van der Waals surface area (Å²) in [5, 5.41) is 4.14. The fourth-order valence-corrected chi connectivity index (χ4v) is 5.00. The highest BCUT2D eigenvalue weighted by Gasteiger charge is 2.42. The van der Waals surface area contributed by atoms with Crippen LogP contribution in [0.3, 0.4) is 0 Å². The summed E-state index contributed by atoms with van der Waals surface area (Å²) in [5.41, 5.74) is 1.88. The van der Waals surface area contributed by atoms with E-state index >= 15 is 0 Å². The lowest BCUT2D eigenvalue weighted by Gasteiger charge is -2.23. The normalized spacial score (nSPS) is 11.8. The third kappa shape index (κ3) is 10.2. The molecular weight excluding hydrogens is 640 g/mol. The Hall–Kier alpha value is -4.17. The number of unbranched alkanes of at least 4 members (excludes halogenated alkanes) is 1. The topological polar surface area (TPSA) is 111 Å². The molecule has 4 rings (SSSR count). The van der Waals surface area contributed by atoms with Crippen LogP contribution in [0.2, 0.25) is 5.02 Å². The second-order valence-electron chi connectivity index (χ2n) is 10.1. The molecule has 0 saturated heterocycles. The first-order chi connectivity index (χ1) is 21.3. The molecule has 0 unspecified atom stereocenters. The Balaban J connectivity index is 1.35. The van der Waals surface area contributed by atoms with E-state index in [0.29, 0.717) is 55.8 Å². The first-order valence-electron chi connectivity index (χ1n) is 13.6. The summed E-state index contributed by atoms with van der Waals surface area (Å²) < 4.78 is 86.6. The number of ether oxygens (including phenoxy) is 2. The van der Waals surface area contributed by atoms with Gasteiger partial charge in [0.1, 0.15) is 45.9 Å². The van der Waals surface area contributed by atoms with E-state index in [1.807, 2.05) is 0 Å². The molecule has 15 heteroatoms. The van der Waals surface area contributed by atoms with Gasteiger partial charge in [0.15, 0.2) is 0 Å². The Morgan fingerprint density at radius 3 is 2.51 bits per heavy atom. The molecule has 0 atom stereocenters. The van der Waals surface area contributed by atoms with E-state index in [-0.39, 0.29) is 32.0 Å². The SMILES string of the molecule is CS(=O)(=O)CCN(CCCCOc1ccc2ncnc(Nc3ccc(OCc4cccc(F)c4)c(Cl)c3)c2c1)C(=O)C(F)(F)F. The van der Waals surface area contributed by atoms with E-state index < -0.39 is 34.2 Å². The number of carbonyl (C=O) groups excluding carboxylic acids is 1. The molecule has 1 N–H and O–H groups in total. The number of nitrogens with zero attached hydrogens (tertiary/aromatic N) is 3. The fraction of sp³-hybridized carbons (Fsp3) is 0.300. The Labute approximate surface area is 262 Å². The van der Waals surface area contributed by atoms with E-state index in [0.717, 1.165) is 6.26 Å². The molecule has 0 aliphatic carbocycles. The van der Waals surface area contributed by atoms with E-state index in [1.54, 1.807) is 48.5 Å². The lowest BCUT2D eigenvalue weighted by molar-refractivity contribution is -0.185. The minimum absolute atomic E-state index is 0.134. The number of benzene rings is 3. The minimum atomic E-state index is -5.10. The van der Waals surface area contributed by atoms with Gasteiger partial charge in [-0.05, 0) is 66.9 Å². The second kappa shape index (κ2) is 14.7. The number of halogens is 5. The molecule has 1 heterocycles. The first kappa shape index (κ1) is 33.7. The van der Waals surface area contributed by atoms with Gasteiger partial charge in [0.05, 0.1) is 22.9 Å². The fourth-order valence-electron chi connectivity index (χ4n) is 4.21. The molecule has 0 aliphatic heterocycles. The first-order valence-corrected chi connectivity index (χ1v) is 16.1. The van der Waals surface area contributed by atoms with Crippen LogP contribution < -0.4 is 14.8 Å². The van der Waals surface area contributed by atoms with Gasteiger partial charge in [0.2, 0.25) is 0 Å². The molecule has 1 amide bonds. The van der Waals surface area contributed by atoms with Crippen LogP contribution in [0.5, 0.6) is 11.5 Å². The van der Waals surface area contributed by atoms with Crippen molar-refractivity contribution in [1.29, 1.82) is 0 Å². The van der Waals surface area contributed by atoms with Crippen molar-refractivity contribution in [3.63, 3.8) is 0 Å². The molecule has 4 aromatic rings. The molecule has 45 heavy (non-hydrogen) atoms. The van der Waals surface area contributed by atoms with Crippen molar-refractivity contribution in [2.24, 2.45) is 0 Å². The molecule has 0 radical (unpaired) electrons. The molecular formula is C30H29ClF4N4O5S. The smallest absolute Gasteiger partial charge is 0.471 e. The highest BCUT2D eigenvalue weighted by Crippen LogP contribution is 2.32. The summed E-state index contributed by atoms with van der Waals surface area (Å²) in [6, 6.07) is 16.2. The van der Waals surface area contributed by atoms with Crippen LogP contribution in [-0.4, -0.2) is 67.1 Å². The van der Waals surface area contributed by atoms with Crippen LogP contribution in [0.25, 0.3) is 10.9 Å². The number of alkyl halides is 3. The van der Waals surface area contributed by atoms with Gasteiger partial charge < -0.3 is 19.7 Å². The minimum Gasteiger partial charge on any atom is -0.494 e. The lowest BCUT2D eigenvalue weighted by atomic mass is 10.2. The highest BCUT2D eigenvalue weighted by atomic mass is 35.5. The second-order valence-corrected chi connectivity index (χ2v) is 12.7. The van der Waals surface area contributed by atoms with Gasteiger partial charge in [-0.15, -0.1) is 0 Å². The predicted molar refractivity (Wildman–Crippen MR) is 162 cm³/mol. The number of nitrogens with one attached hydrogen (secondary N) is 1. The van der Waals surface area contributed by atoms with Crippen LogP contribution in [0, 0.1) is 5.82 Å². The quantitative estimate of drug-likeness (QED) is 0.122. The summed E-state index contributed by atoms with van der Waals surface area (Å²) in [4.78, 5) is 20.8. The maximum atomic E-state index is 13.4. The Bertz CT molecular complexity index is 1760. The molecule has 240 valence electrons. The zero-order chi connectivity index (χ0) is 32.6. The molecule has 0 saturated carbocycles. The maximum Gasteiger partial charge on any atom is 0.471 e. The average molecular weight is 669 g/mol. The van der Waals surface area contributed by atoms with Crippen LogP contribution in [0.15, 0.2) is 67.0 Å². The van der Waals surface area contributed by atoms with E-state index in [4.69, 9.17) is 21.1 Å². The number of hydrogen-bond acceptors (Lipinski definition) is 8. The number of carbonyl (C=O) groups is 1. The van der Waals surface area contributed by atoms with E-state index in [9.17, 15) is 30.8 Å². The molecule has 0 bridgehead atoms. The summed E-state index contributed by atoms with van der Waals surface area (Å²) in [7, 11) is -3.55. The van der Waals surface area contributed by atoms with E-state index in [2.05, 4.69) is 15.3 Å². The van der Waals surface area contributed by atoms with Crippen LogP contribution in [0.4, 0.5) is 29.1 Å². The van der Waals surface area contributed by atoms with Crippen LogP contribution in [-0.2, 0) is 21.2 Å². The zero-order valence-electron chi connectivity index (χ0n) is 24.0. The zero-order valence-corrected chi connectivity index (χ0v) is 25.6. The number of fused-ring (bicyclic) bond motifs is 1. The predicted octanol–water partition coefficient (Wildman–Crippen LogP) is 6.34. The number of anilines is 2.